The molecule has 148 valence electrons. The van der Waals surface area contributed by atoms with Gasteiger partial charge in [0.1, 0.15) is 0 Å². The topological polar surface area (TPSA) is 89.3 Å². The van der Waals surface area contributed by atoms with E-state index in [0.29, 0.717) is 6.42 Å². The fourth-order valence-corrected chi connectivity index (χ4v) is 3.84. The molecule has 0 heterocycles. The number of nitro benzene ring substituents is 1. The van der Waals surface area contributed by atoms with Crippen LogP contribution in [-0.2, 0) is 10.0 Å². The Labute approximate surface area is 165 Å². The summed E-state index contributed by atoms with van der Waals surface area (Å²) in [5, 5.41) is 10.8. The van der Waals surface area contributed by atoms with Crippen molar-refractivity contribution in [2.75, 3.05) is 6.54 Å². The highest BCUT2D eigenvalue weighted by Crippen LogP contribution is 2.21. The number of nitrogens with one attached hydrogen (secondary N) is 1. The number of sulfonamides is 1. The van der Waals surface area contributed by atoms with Gasteiger partial charge in [-0.3, -0.25) is 10.1 Å². The number of hydrogen-bond donors (Lipinski definition) is 1. The van der Waals surface area contributed by atoms with E-state index in [1.165, 1.54) is 18.2 Å². The molecule has 0 amide bonds. The van der Waals surface area contributed by atoms with E-state index in [0.717, 1.165) is 36.5 Å². The molecule has 0 aliphatic heterocycles. The first-order valence-corrected chi connectivity index (χ1v) is 10.5. The maximum atomic E-state index is 12.4. The lowest BCUT2D eigenvalue weighted by Gasteiger charge is -2.10. The van der Waals surface area contributed by atoms with Crippen LogP contribution in [0.1, 0.15) is 31.2 Å². The van der Waals surface area contributed by atoms with E-state index in [1.54, 1.807) is 0 Å². The van der Waals surface area contributed by atoms with Gasteiger partial charge in [-0.1, -0.05) is 48.6 Å². The monoisotopic (exact) mass is 400 g/mol. The SMILES string of the molecule is C=CCC/C=C(/CCCNS(=O)(=O)c1cccc([N+](=O)[O-])c1)c1ccccc1. The van der Waals surface area contributed by atoms with Gasteiger partial charge in [-0.05, 0) is 42.9 Å². The van der Waals surface area contributed by atoms with Gasteiger partial charge < -0.3 is 0 Å². The number of nitro groups is 1. The van der Waals surface area contributed by atoms with Crippen LogP contribution in [0.15, 0.2) is 78.2 Å². The molecular weight excluding hydrogens is 376 g/mol. The molecule has 2 rings (SSSR count). The first kappa shape index (κ1) is 21.5. The summed E-state index contributed by atoms with van der Waals surface area (Å²) in [7, 11) is -3.79. The van der Waals surface area contributed by atoms with Crippen LogP contribution in [0.5, 0.6) is 0 Å². The Bertz CT molecular complexity index is 938. The van der Waals surface area contributed by atoms with Crippen molar-refractivity contribution in [1.29, 1.82) is 0 Å². The highest BCUT2D eigenvalue weighted by molar-refractivity contribution is 7.89. The minimum atomic E-state index is -3.79. The number of nitrogens with zero attached hydrogens (tertiary/aromatic N) is 1. The zero-order valence-corrected chi connectivity index (χ0v) is 16.4. The van der Waals surface area contributed by atoms with Gasteiger partial charge in [0, 0.05) is 18.7 Å². The first-order chi connectivity index (χ1) is 13.4. The highest BCUT2D eigenvalue weighted by atomic mass is 32.2. The van der Waals surface area contributed by atoms with Gasteiger partial charge in [0.2, 0.25) is 10.0 Å². The van der Waals surface area contributed by atoms with E-state index in [2.05, 4.69) is 17.4 Å². The van der Waals surface area contributed by atoms with Gasteiger partial charge in [-0.25, -0.2) is 13.1 Å². The van der Waals surface area contributed by atoms with Crippen molar-refractivity contribution >= 4 is 21.3 Å². The summed E-state index contributed by atoms with van der Waals surface area (Å²) in [6.07, 6.45) is 7.13. The number of benzene rings is 2. The summed E-state index contributed by atoms with van der Waals surface area (Å²) in [6.45, 7) is 3.98. The van der Waals surface area contributed by atoms with Crippen LogP contribution in [0.2, 0.25) is 0 Å². The Kier molecular flexibility index (Phi) is 8.10. The van der Waals surface area contributed by atoms with Crippen molar-refractivity contribution in [2.24, 2.45) is 0 Å². The minimum Gasteiger partial charge on any atom is -0.258 e. The van der Waals surface area contributed by atoms with Crippen LogP contribution in [0.4, 0.5) is 5.69 Å². The number of allylic oxidation sites excluding steroid dienone is 3. The quantitative estimate of drug-likeness (QED) is 0.256. The first-order valence-electron chi connectivity index (χ1n) is 9.03. The van der Waals surface area contributed by atoms with E-state index in [1.807, 2.05) is 36.4 Å². The second-order valence-corrected chi connectivity index (χ2v) is 7.98. The van der Waals surface area contributed by atoms with E-state index in [4.69, 9.17) is 0 Å². The van der Waals surface area contributed by atoms with Crippen LogP contribution in [0.3, 0.4) is 0 Å². The molecule has 0 aromatic heterocycles. The molecule has 0 aliphatic rings. The van der Waals surface area contributed by atoms with E-state index in [-0.39, 0.29) is 17.1 Å². The molecule has 2 aromatic carbocycles. The Morgan fingerprint density at radius 2 is 1.86 bits per heavy atom. The Morgan fingerprint density at radius 3 is 2.54 bits per heavy atom. The number of hydrogen-bond acceptors (Lipinski definition) is 4. The summed E-state index contributed by atoms with van der Waals surface area (Å²) in [4.78, 5) is 10.1. The number of rotatable bonds is 11. The molecule has 28 heavy (non-hydrogen) atoms. The third-order valence-electron chi connectivity index (χ3n) is 4.16. The van der Waals surface area contributed by atoms with E-state index >= 15 is 0 Å². The third kappa shape index (κ3) is 6.44. The molecule has 0 saturated carbocycles. The maximum absolute atomic E-state index is 12.4. The zero-order chi connectivity index (χ0) is 20.4. The van der Waals surface area contributed by atoms with Gasteiger partial charge in [-0.2, -0.15) is 0 Å². The molecule has 0 spiro atoms. The summed E-state index contributed by atoms with van der Waals surface area (Å²) >= 11 is 0. The lowest BCUT2D eigenvalue weighted by atomic mass is 9.99. The minimum absolute atomic E-state index is 0.105. The fraction of sp³-hybridized carbons (Fsp3) is 0.238. The van der Waals surface area contributed by atoms with Crippen molar-refractivity contribution in [3.8, 4) is 0 Å². The average Bonchev–Trinajstić information content (AvgIpc) is 2.70. The molecule has 0 aliphatic carbocycles. The van der Waals surface area contributed by atoms with Crippen molar-refractivity contribution < 1.29 is 13.3 Å². The standard InChI is InChI=1S/C21H24N2O4S/c1-2-3-5-10-19(18-11-6-4-7-12-18)13-9-16-22-28(26,27)21-15-8-14-20(17-21)23(24)25/h2,4,6-8,10-12,14-15,17,22H,1,3,5,9,13,16H2/b19-10-. The normalized spacial score (nSPS) is 11.9. The molecule has 0 fully saturated rings. The molecule has 0 atom stereocenters. The van der Waals surface area contributed by atoms with Crippen molar-refractivity contribution in [1.82, 2.24) is 4.72 Å². The van der Waals surface area contributed by atoms with E-state index < -0.39 is 14.9 Å². The summed E-state index contributed by atoms with van der Waals surface area (Å²) in [5.41, 5.74) is 2.03. The Balaban J connectivity index is 1.98. The smallest absolute Gasteiger partial charge is 0.258 e. The summed E-state index contributed by atoms with van der Waals surface area (Å²) < 4.78 is 27.3. The largest absolute Gasteiger partial charge is 0.270 e. The van der Waals surface area contributed by atoms with Crippen LogP contribution >= 0.6 is 0 Å². The van der Waals surface area contributed by atoms with Crippen molar-refractivity contribution in [2.45, 2.75) is 30.6 Å². The van der Waals surface area contributed by atoms with E-state index in [9.17, 15) is 18.5 Å². The second-order valence-electron chi connectivity index (χ2n) is 6.22. The molecule has 0 unspecified atom stereocenters. The van der Waals surface area contributed by atoms with Gasteiger partial charge in [0.15, 0.2) is 0 Å². The predicted molar refractivity (Wildman–Crippen MR) is 111 cm³/mol. The highest BCUT2D eigenvalue weighted by Gasteiger charge is 2.17. The lowest BCUT2D eigenvalue weighted by Crippen LogP contribution is -2.24. The number of unbranched alkanes of at least 4 members (excludes halogenated alkanes) is 1. The van der Waals surface area contributed by atoms with Crippen LogP contribution in [-0.4, -0.2) is 19.9 Å². The van der Waals surface area contributed by atoms with Crippen LogP contribution in [0.25, 0.3) is 5.57 Å². The third-order valence-corrected chi connectivity index (χ3v) is 5.62. The Hall–Kier alpha value is -2.77. The van der Waals surface area contributed by atoms with Crippen molar-refractivity contribution in [3.63, 3.8) is 0 Å². The second kappa shape index (κ2) is 10.5. The zero-order valence-electron chi connectivity index (χ0n) is 15.6. The average molecular weight is 401 g/mol. The molecule has 6 nitrogen and oxygen atoms in total. The van der Waals surface area contributed by atoms with Gasteiger partial charge >= 0.3 is 0 Å². The van der Waals surface area contributed by atoms with Crippen LogP contribution < -0.4 is 4.72 Å². The molecule has 7 heteroatoms. The Morgan fingerprint density at radius 1 is 1.11 bits per heavy atom. The van der Waals surface area contributed by atoms with Gasteiger partial charge in [-0.15, -0.1) is 6.58 Å². The molecule has 0 bridgehead atoms. The molecular formula is C21H24N2O4S. The summed E-state index contributed by atoms with van der Waals surface area (Å²) in [6, 6.07) is 15.0. The summed E-state index contributed by atoms with van der Waals surface area (Å²) in [5.74, 6) is 0. The fourth-order valence-electron chi connectivity index (χ4n) is 2.72. The lowest BCUT2D eigenvalue weighted by molar-refractivity contribution is -0.385. The molecule has 2 aromatic rings. The number of non-ortho nitro benzene ring substituents is 1. The maximum Gasteiger partial charge on any atom is 0.270 e. The predicted octanol–water partition coefficient (Wildman–Crippen LogP) is 4.70. The van der Waals surface area contributed by atoms with Gasteiger partial charge in [0.25, 0.3) is 5.69 Å². The molecule has 1 N–H and O–H groups in total. The van der Waals surface area contributed by atoms with Crippen LogP contribution in [0, 0.1) is 10.1 Å². The van der Waals surface area contributed by atoms with Gasteiger partial charge in [0.05, 0.1) is 9.82 Å². The molecule has 0 saturated heterocycles. The van der Waals surface area contributed by atoms with Crippen molar-refractivity contribution in [3.05, 3.63) is 89.0 Å². The molecule has 0 radical (unpaired) electrons.